The number of carbonyl (C=O) groups is 2. The fourth-order valence-corrected chi connectivity index (χ4v) is 3.33. The van der Waals surface area contributed by atoms with Gasteiger partial charge in [-0.1, -0.05) is 13.8 Å². The molecular weight excluding hydrogens is 420 g/mol. The number of hydrogen-bond acceptors (Lipinski definition) is 6. The Hall–Kier alpha value is -3.55. The molecule has 178 valence electrons. The van der Waals surface area contributed by atoms with E-state index in [4.69, 9.17) is 9.47 Å². The highest BCUT2D eigenvalue weighted by molar-refractivity contribution is 5.98. The van der Waals surface area contributed by atoms with E-state index >= 15 is 0 Å². The van der Waals surface area contributed by atoms with Gasteiger partial charge in [-0.05, 0) is 56.2 Å². The number of nitrogens with one attached hydrogen (secondary N) is 2. The molecule has 0 fully saturated rings. The van der Waals surface area contributed by atoms with Crippen LogP contribution < -0.4 is 25.1 Å². The Morgan fingerprint density at radius 2 is 1.70 bits per heavy atom. The molecule has 0 aromatic heterocycles. The summed E-state index contributed by atoms with van der Waals surface area (Å²) in [6.45, 7) is 9.69. The molecule has 2 aromatic rings. The number of nitrogens with zero attached hydrogens (tertiary/aromatic N) is 2. The normalized spacial score (nSPS) is 11.8. The molecule has 0 heterocycles. The first kappa shape index (κ1) is 25.7. The molecule has 8 nitrogen and oxygen atoms in total. The lowest BCUT2D eigenvalue weighted by atomic mass is 10.0. The molecule has 1 atom stereocenters. The maximum Gasteiger partial charge on any atom is 0.262 e. The summed E-state index contributed by atoms with van der Waals surface area (Å²) in [7, 11) is 3.16. The predicted molar refractivity (Wildman–Crippen MR) is 131 cm³/mol. The summed E-state index contributed by atoms with van der Waals surface area (Å²) >= 11 is 0. The van der Waals surface area contributed by atoms with Gasteiger partial charge in [-0.15, -0.1) is 0 Å². The molecule has 2 amide bonds. The fraction of sp³-hybridized carbons (Fsp3) is 0.400. The highest BCUT2D eigenvalue weighted by Gasteiger charge is 2.24. The Bertz CT molecular complexity index is 953. The number of rotatable bonds is 11. The van der Waals surface area contributed by atoms with Gasteiger partial charge in [0.25, 0.3) is 11.8 Å². The van der Waals surface area contributed by atoms with Crippen molar-refractivity contribution in [2.75, 3.05) is 32.2 Å². The second kappa shape index (κ2) is 12.5. The van der Waals surface area contributed by atoms with Crippen LogP contribution in [-0.2, 0) is 4.79 Å². The largest absolute Gasteiger partial charge is 0.497 e. The van der Waals surface area contributed by atoms with Crippen LogP contribution in [-0.4, -0.2) is 51.4 Å². The van der Waals surface area contributed by atoms with Gasteiger partial charge in [0, 0.05) is 36.0 Å². The predicted octanol–water partition coefficient (Wildman–Crippen LogP) is 3.45. The lowest BCUT2D eigenvalue weighted by Gasteiger charge is -2.22. The third-order valence-electron chi connectivity index (χ3n) is 5.31. The van der Waals surface area contributed by atoms with Crippen molar-refractivity contribution in [1.82, 2.24) is 10.7 Å². The van der Waals surface area contributed by atoms with E-state index in [0.717, 1.165) is 24.3 Å². The Morgan fingerprint density at radius 1 is 1.03 bits per heavy atom. The molecule has 8 heteroatoms. The van der Waals surface area contributed by atoms with Crippen molar-refractivity contribution >= 4 is 23.7 Å². The summed E-state index contributed by atoms with van der Waals surface area (Å²) in [5.74, 6) is 0.432. The summed E-state index contributed by atoms with van der Waals surface area (Å²) in [4.78, 5) is 27.5. The molecule has 0 radical (unpaired) electrons. The first-order valence-electron chi connectivity index (χ1n) is 11.0. The zero-order chi connectivity index (χ0) is 24.4. The molecule has 0 aliphatic rings. The second-order valence-electron chi connectivity index (χ2n) is 7.76. The molecule has 1 unspecified atom stereocenters. The van der Waals surface area contributed by atoms with E-state index in [9.17, 15) is 9.59 Å². The topological polar surface area (TPSA) is 92.3 Å². The zero-order valence-electron chi connectivity index (χ0n) is 20.2. The van der Waals surface area contributed by atoms with E-state index in [1.54, 1.807) is 38.5 Å². The Balaban J connectivity index is 2.07. The summed E-state index contributed by atoms with van der Waals surface area (Å²) in [6, 6.07) is 11.8. The number of carbonyl (C=O) groups excluding carboxylic acids is 2. The van der Waals surface area contributed by atoms with Crippen LogP contribution in [0.2, 0.25) is 0 Å². The van der Waals surface area contributed by atoms with Gasteiger partial charge in [0.1, 0.15) is 17.5 Å². The van der Waals surface area contributed by atoms with Gasteiger partial charge in [0.05, 0.1) is 20.4 Å². The number of anilines is 1. The van der Waals surface area contributed by atoms with Gasteiger partial charge in [0.15, 0.2) is 0 Å². The highest BCUT2D eigenvalue weighted by Crippen LogP contribution is 2.24. The number of benzene rings is 2. The summed E-state index contributed by atoms with van der Waals surface area (Å²) in [5, 5.41) is 6.86. The van der Waals surface area contributed by atoms with Crippen molar-refractivity contribution in [3.05, 3.63) is 53.6 Å². The van der Waals surface area contributed by atoms with Gasteiger partial charge in [0.2, 0.25) is 0 Å². The standard InChI is InChI=1S/C25H34N4O4/c1-7-29(8-2)20-12-9-19(22(15-20)33-6)16-26-28-25(31)23(17(3)4)27-24(30)18-10-13-21(32-5)14-11-18/h9-17,23H,7-8H2,1-6H3,(H,27,30)(H,28,31). The van der Waals surface area contributed by atoms with Gasteiger partial charge < -0.3 is 19.7 Å². The van der Waals surface area contributed by atoms with Gasteiger partial charge in [-0.3, -0.25) is 9.59 Å². The molecule has 0 saturated heterocycles. The Morgan fingerprint density at radius 3 is 2.24 bits per heavy atom. The van der Waals surface area contributed by atoms with Crippen LogP contribution in [0.1, 0.15) is 43.6 Å². The minimum atomic E-state index is -0.747. The molecule has 0 bridgehead atoms. The molecular formula is C25H34N4O4. The van der Waals surface area contributed by atoms with Crippen molar-refractivity contribution < 1.29 is 19.1 Å². The lowest BCUT2D eigenvalue weighted by Crippen LogP contribution is -2.48. The maximum absolute atomic E-state index is 12.7. The van der Waals surface area contributed by atoms with Crippen LogP contribution >= 0.6 is 0 Å². The van der Waals surface area contributed by atoms with E-state index in [0.29, 0.717) is 17.1 Å². The SMILES string of the molecule is CCN(CC)c1ccc(C=NNC(=O)C(NC(=O)c2ccc(OC)cc2)C(C)C)c(OC)c1. The van der Waals surface area contributed by atoms with Gasteiger partial charge >= 0.3 is 0 Å². The Kier molecular flexibility index (Phi) is 9.72. The number of methoxy groups -OCH3 is 2. The van der Waals surface area contributed by atoms with E-state index in [-0.39, 0.29) is 11.8 Å². The van der Waals surface area contributed by atoms with Crippen LogP contribution in [0.3, 0.4) is 0 Å². The first-order chi connectivity index (χ1) is 15.8. The average molecular weight is 455 g/mol. The Labute approximate surface area is 196 Å². The van der Waals surface area contributed by atoms with E-state index in [1.807, 2.05) is 32.0 Å². The summed E-state index contributed by atoms with van der Waals surface area (Å²) in [6.07, 6.45) is 1.53. The van der Waals surface area contributed by atoms with Crippen molar-refractivity contribution in [3.8, 4) is 11.5 Å². The minimum absolute atomic E-state index is 0.134. The van der Waals surface area contributed by atoms with Crippen LogP contribution in [0.4, 0.5) is 5.69 Å². The maximum atomic E-state index is 12.7. The molecule has 0 spiro atoms. The van der Waals surface area contributed by atoms with Crippen LogP contribution in [0.15, 0.2) is 47.6 Å². The van der Waals surface area contributed by atoms with E-state index in [1.165, 1.54) is 6.21 Å². The molecule has 0 aliphatic heterocycles. The molecule has 2 N–H and O–H groups in total. The number of amides is 2. The van der Waals surface area contributed by atoms with Gasteiger partial charge in [-0.2, -0.15) is 5.10 Å². The number of ether oxygens (including phenoxy) is 2. The molecule has 2 rings (SSSR count). The van der Waals surface area contributed by atoms with Gasteiger partial charge in [-0.25, -0.2) is 5.43 Å². The summed E-state index contributed by atoms with van der Waals surface area (Å²) in [5.41, 5.74) is 4.76. The monoisotopic (exact) mass is 454 g/mol. The van der Waals surface area contributed by atoms with Crippen molar-refractivity contribution in [3.63, 3.8) is 0 Å². The van der Waals surface area contributed by atoms with Crippen molar-refractivity contribution in [2.24, 2.45) is 11.0 Å². The van der Waals surface area contributed by atoms with E-state index < -0.39 is 11.9 Å². The lowest BCUT2D eigenvalue weighted by molar-refractivity contribution is -0.123. The zero-order valence-corrected chi connectivity index (χ0v) is 20.2. The third-order valence-corrected chi connectivity index (χ3v) is 5.31. The van der Waals surface area contributed by atoms with Crippen molar-refractivity contribution in [2.45, 2.75) is 33.7 Å². The number of hydrazone groups is 1. The number of hydrogen-bond donors (Lipinski definition) is 2. The molecule has 0 aliphatic carbocycles. The van der Waals surface area contributed by atoms with Crippen LogP contribution in [0.5, 0.6) is 11.5 Å². The second-order valence-corrected chi connectivity index (χ2v) is 7.76. The quantitative estimate of drug-likeness (QED) is 0.401. The van der Waals surface area contributed by atoms with Crippen molar-refractivity contribution in [1.29, 1.82) is 0 Å². The smallest absolute Gasteiger partial charge is 0.262 e. The molecule has 33 heavy (non-hydrogen) atoms. The average Bonchev–Trinajstić information content (AvgIpc) is 2.83. The minimum Gasteiger partial charge on any atom is -0.497 e. The van der Waals surface area contributed by atoms with Crippen LogP contribution in [0.25, 0.3) is 0 Å². The first-order valence-corrected chi connectivity index (χ1v) is 11.0. The third kappa shape index (κ3) is 6.97. The fourth-order valence-electron chi connectivity index (χ4n) is 3.33. The molecule has 2 aromatic carbocycles. The van der Waals surface area contributed by atoms with Crippen LogP contribution in [0, 0.1) is 5.92 Å². The molecule has 0 saturated carbocycles. The summed E-state index contributed by atoms with van der Waals surface area (Å²) < 4.78 is 10.6. The van der Waals surface area contributed by atoms with E-state index in [2.05, 4.69) is 34.6 Å². The highest BCUT2D eigenvalue weighted by atomic mass is 16.5.